The third kappa shape index (κ3) is 5.53. The number of esters is 1. The summed E-state index contributed by atoms with van der Waals surface area (Å²) in [4.78, 5) is 29.5. The van der Waals surface area contributed by atoms with E-state index in [2.05, 4.69) is 9.97 Å². The molecule has 0 unspecified atom stereocenters. The molecule has 2 aromatic rings. The number of H-pyrrole nitrogens is 1. The van der Waals surface area contributed by atoms with Crippen molar-refractivity contribution in [3.05, 3.63) is 59.2 Å². The van der Waals surface area contributed by atoms with Gasteiger partial charge in [-0.3, -0.25) is 10.0 Å². The molecular formula is C16H18ClN3O4. The molecule has 0 spiro atoms. The normalized spacial score (nSPS) is 10.2. The van der Waals surface area contributed by atoms with Crippen molar-refractivity contribution in [1.29, 1.82) is 0 Å². The van der Waals surface area contributed by atoms with E-state index >= 15 is 0 Å². The Hall–Kier alpha value is -2.64. The number of hydrogen-bond acceptors (Lipinski definition) is 5. The molecule has 0 aliphatic rings. The van der Waals surface area contributed by atoms with Gasteiger partial charge in [0.2, 0.25) is 0 Å². The standard InChI is InChI=1S/C16H17N3O4.ClH/c1-2-23-16(21)13-10-17-14(18-13)9-12-5-3-11(4-6-12)7-8-15(20)19-22;/h3-8,10,22H,2,9H2,1H3,(H,17,18)(H,19,20);1H/b8-7+;. The van der Waals surface area contributed by atoms with Gasteiger partial charge in [-0.25, -0.2) is 15.3 Å². The maximum atomic E-state index is 11.6. The van der Waals surface area contributed by atoms with E-state index in [0.717, 1.165) is 11.1 Å². The number of hydroxylamine groups is 1. The molecule has 1 aromatic heterocycles. The van der Waals surface area contributed by atoms with E-state index < -0.39 is 11.9 Å². The molecule has 0 aliphatic carbocycles. The number of aromatic amines is 1. The van der Waals surface area contributed by atoms with Gasteiger partial charge < -0.3 is 9.72 Å². The van der Waals surface area contributed by atoms with Crippen molar-refractivity contribution in [3.63, 3.8) is 0 Å². The topological polar surface area (TPSA) is 104 Å². The summed E-state index contributed by atoms with van der Waals surface area (Å²) < 4.78 is 4.89. The van der Waals surface area contributed by atoms with Crippen LogP contribution in [0.2, 0.25) is 0 Å². The van der Waals surface area contributed by atoms with Crippen LogP contribution in [0.4, 0.5) is 0 Å². The quantitative estimate of drug-likeness (QED) is 0.320. The fourth-order valence-corrected chi connectivity index (χ4v) is 1.91. The molecule has 0 bridgehead atoms. The number of amides is 1. The highest BCUT2D eigenvalue weighted by atomic mass is 35.5. The molecule has 128 valence electrons. The molecule has 0 atom stereocenters. The van der Waals surface area contributed by atoms with Crippen LogP contribution in [0.5, 0.6) is 0 Å². The number of carbonyl (C=O) groups is 2. The Balaban J connectivity index is 0.00000288. The molecule has 8 heteroatoms. The van der Waals surface area contributed by atoms with Gasteiger partial charge in [-0.1, -0.05) is 24.3 Å². The average molecular weight is 352 g/mol. The highest BCUT2D eigenvalue weighted by molar-refractivity contribution is 5.90. The zero-order valence-corrected chi connectivity index (χ0v) is 13.8. The zero-order chi connectivity index (χ0) is 16.7. The Kier molecular flexibility index (Phi) is 7.67. The molecule has 0 aliphatic heterocycles. The molecule has 2 rings (SSSR count). The van der Waals surface area contributed by atoms with Gasteiger partial charge in [0.25, 0.3) is 5.91 Å². The van der Waals surface area contributed by atoms with E-state index in [4.69, 9.17) is 9.94 Å². The second-order valence-corrected chi connectivity index (χ2v) is 4.69. The van der Waals surface area contributed by atoms with E-state index in [1.165, 1.54) is 17.8 Å². The van der Waals surface area contributed by atoms with E-state index in [-0.39, 0.29) is 12.4 Å². The second kappa shape index (κ2) is 9.49. The number of rotatable bonds is 6. The van der Waals surface area contributed by atoms with Crippen LogP contribution < -0.4 is 5.48 Å². The highest BCUT2D eigenvalue weighted by Gasteiger charge is 2.10. The molecule has 7 nitrogen and oxygen atoms in total. The van der Waals surface area contributed by atoms with Crippen molar-refractivity contribution >= 4 is 30.4 Å². The lowest BCUT2D eigenvalue weighted by atomic mass is 10.1. The van der Waals surface area contributed by atoms with E-state index in [0.29, 0.717) is 24.5 Å². The molecule has 0 saturated heterocycles. The number of ether oxygens (including phenoxy) is 1. The summed E-state index contributed by atoms with van der Waals surface area (Å²) in [6.45, 7) is 2.06. The Labute approximate surface area is 145 Å². The lowest BCUT2D eigenvalue weighted by molar-refractivity contribution is -0.124. The number of imidazole rings is 1. The van der Waals surface area contributed by atoms with Crippen molar-refractivity contribution in [2.45, 2.75) is 13.3 Å². The minimum atomic E-state index is -0.587. The number of halogens is 1. The maximum Gasteiger partial charge on any atom is 0.356 e. The summed E-state index contributed by atoms with van der Waals surface area (Å²) in [5, 5.41) is 8.40. The summed E-state index contributed by atoms with van der Waals surface area (Å²) in [5.74, 6) is -0.346. The van der Waals surface area contributed by atoms with Crippen LogP contribution in [0.25, 0.3) is 6.08 Å². The molecule has 0 fully saturated rings. The van der Waals surface area contributed by atoms with Crippen LogP contribution in [0.1, 0.15) is 34.4 Å². The molecule has 1 aromatic carbocycles. The first kappa shape index (κ1) is 19.4. The summed E-state index contributed by atoms with van der Waals surface area (Å²) in [6.07, 6.45) is 4.81. The van der Waals surface area contributed by atoms with Crippen molar-refractivity contribution in [2.24, 2.45) is 0 Å². The highest BCUT2D eigenvalue weighted by Crippen LogP contribution is 2.10. The molecule has 0 saturated carbocycles. The van der Waals surface area contributed by atoms with Crippen molar-refractivity contribution < 1.29 is 19.5 Å². The number of hydrogen-bond donors (Lipinski definition) is 3. The van der Waals surface area contributed by atoms with Gasteiger partial charge in [0.15, 0.2) is 0 Å². The summed E-state index contributed by atoms with van der Waals surface area (Å²) in [5.41, 5.74) is 3.68. The number of nitrogens with zero attached hydrogens (tertiary/aromatic N) is 1. The van der Waals surface area contributed by atoms with Gasteiger partial charge in [0.05, 0.1) is 12.8 Å². The van der Waals surface area contributed by atoms with Gasteiger partial charge >= 0.3 is 5.97 Å². The zero-order valence-electron chi connectivity index (χ0n) is 13.0. The van der Waals surface area contributed by atoms with Crippen LogP contribution in [0.15, 0.2) is 36.5 Å². The summed E-state index contributed by atoms with van der Waals surface area (Å²) >= 11 is 0. The van der Waals surface area contributed by atoms with Crippen molar-refractivity contribution in [1.82, 2.24) is 15.4 Å². The number of aromatic nitrogens is 2. The fourth-order valence-electron chi connectivity index (χ4n) is 1.91. The van der Waals surface area contributed by atoms with Crippen LogP contribution >= 0.6 is 12.4 Å². The van der Waals surface area contributed by atoms with Crippen LogP contribution in [0, 0.1) is 0 Å². The monoisotopic (exact) mass is 351 g/mol. The number of benzene rings is 1. The Bertz CT molecular complexity index is 710. The first-order valence-corrected chi connectivity index (χ1v) is 7.04. The third-order valence-electron chi connectivity index (χ3n) is 3.01. The van der Waals surface area contributed by atoms with Gasteiger partial charge in [-0.2, -0.15) is 0 Å². The summed E-state index contributed by atoms with van der Waals surface area (Å²) in [7, 11) is 0. The predicted octanol–water partition coefficient (Wildman–Crippen LogP) is 2.12. The van der Waals surface area contributed by atoms with Crippen molar-refractivity contribution in [3.8, 4) is 0 Å². The Morgan fingerprint density at radius 1 is 1.33 bits per heavy atom. The van der Waals surface area contributed by atoms with E-state index in [1.807, 2.05) is 24.3 Å². The van der Waals surface area contributed by atoms with E-state index in [1.54, 1.807) is 13.0 Å². The van der Waals surface area contributed by atoms with Gasteiger partial charge in [0.1, 0.15) is 11.5 Å². The fraction of sp³-hybridized carbons (Fsp3) is 0.188. The average Bonchev–Trinajstić information content (AvgIpc) is 3.02. The largest absolute Gasteiger partial charge is 0.461 e. The predicted molar refractivity (Wildman–Crippen MR) is 90.0 cm³/mol. The third-order valence-corrected chi connectivity index (χ3v) is 3.01. The van der Waals surface area contributed by atoms with Gasteiger partial charge in [0, 0.05) is 12.5 Å². The molecule has 0 radical (unpaired) electrons. The molecule has 24 heavy (non-hydrogen) atoms. The lowest BCUT2D eigenvalue weighted by Gasteiger charge is -2.00. The molecule has 3 N–H and O–H groups in total. The lowest BCUT2D eigenvalue weighted by Crippen LogP contribution is -2.14. The molecule has 1 heterocycles. The molecular weight excluding hydrogens is 334 g/mol. The van der Waals surface area contributed by atoms with Gasteiger partial charge in [-0.05, 0) is 24.1 Å². The van der Waals surface area contributed by atoms with E-state index in [9.17, 15) is 9.59 Å². The Morgan fingerprint density at radius 3 is 2.67 bits per heavy atom. The first-order valence-electron chi connectivity index (χ1n) is 7.04. The van der Waals surface area contributed by atoms with Crippen LogP contribution in [-0.4, -0.2) is 33.7 Å². The Morgan fingerprint density at radius 2 is 2.04 bits per heavy atom. The number of carbonyl (C=O) groups excluding carboxylic acids is 2. The minimum Gasteiger partial charge on any atom is -0.461 e. The maximum absolute atomic E-state index is 11.6. The van der Waals surface area contributed by atoms with Crippen molar-refractivity contribution in [2.75, 3.05) is 6.61 Å². The van der Waals surface area contributed by atoms with Crippen LogP contribution in [0.3, 0.4) is 0 Å². The minimum absolute atomic E-state index is 0. The summed E-state index contributed by atoms with van der Waals surface area (Å²) in [6, 6.07) is 7.46. The van der Waals surface area contributed by atoms with Crippen LogP contribution in [-0.2, 0) is 16.0 Å². The van der Waals surface area contributed by atoms with Gasteiger partial charge in [-0.15, -0.1) is 12.4 Å². The first-order chi connectivity index (χ1) is 11.1. The smallest absolute Gasteiger partial charge is 0.356 e. The molecule has 1 amide bonds. The SMILES string of the molecule is CCOC(=O)c1cnc(Cc2ccc(/C=C/C(=O)NO)cc2)[nH]1.Cl. The second-order valence-electron chi connectivity index (χ2n) is 4.69. The number of nitrogens with one attached hydrogen (secondary N) is 2.